The molecule has 0 heterocycles. The van der Waals surface area contributed by atoms with Crippen LogP contribution in [0.3, 0.4) is 0 Å². The number of allylic oxidation sites excluding steroid dienone is 1. The summed E-state index contributed by atoms with van der Waals surface area (Å²) in [6.07, 6.45) is 9.60. The van der Waals surface area contributed by atoms with E-state index in [9.17, 15) is 0 Å². The molecule has 0 atom stereocenters. The molecule has 0 aliphatic heterocycles. The van der Waals surface area contributed by atoms with Crippen molar-refractivity contribution in [1.82, 2.24) is 0 Å². The molecule has 0 aliphatic carbocycles. The van der Waals surface area contributed by atoms with Crippen molar-refractivity contribution in [3.8, 4) is 0 Å². The summed E-state index contributed by atoms with van der Waals surface area (Å²) < 4.78 is 1.12. The van der Waals surface area contributed by atoms with Crippen LogP contribution in [-0.4, -0.2) is 6.54 Å². The van der Waals surface area contributed by atoms with Crippen molar-refractivity contribution in [2.75, 3.05) is 11.9 Å². The summed E-state index contributed by atoms with van der Waals surface area (Å²) in [5.41, 5.74) is 1.15. The molecule has 0 spiro atoms. The van der Waals surface area contributed by atoms with Crippen LogP contribution >= 0.6 is 15.9 Å². The number of nitrogens with one attached hydrogen (secondary N) is 1. The van der Waals surface area contributed by atoms with Crippen molar-refractivity contribution < 1.29 is 0 Å². The SMILES string of the molecule is CCCCC/C=C/CNc1ccccc1Br. The maximum absolute atomic E-state index is 3.51. The molecule has 0 bridgehead atoms. The second-order valence-electron chi connectivity index (χ2n) is 3.83. The highest BCUT2D eigenvalue weighted by Gasteiger charge is 1.93. The molecule has 0 saturated carbocycles. The number of para-hydroxylation sites is 1. The lowest BCUT2D eigenvalue weighted by atomic mass is 10.2. The van der Waals surface area contributed by atoms with E-state index in [-0.39, 0.29) is 0 Å². The second kappa shape index (κ2) is 8.40. The second-order valence-corrected chi connectivity index (χ2v) is 4.68. The van der Waals surface area contributed by atoms with Crippen LogP contribution in [0.15, 0.2) is 40.9 Å². The zero-order valence-electron chi connectivity index (χ0n) is 9.88. The minimum absolute atomic E-state index is 0.898. The Balaban J connectivity index is 2.18. The number of rotatable bonds is 7. The number of unbranched alkanes of at least 4 members (excludes halogenated alkanes) is 3. The number of benzene rings is 1. The van der Waals surface area contributed by atoms with Crippen LogP contribution in [-0.2, 0) is 0 Å². The van der Waals surface area contributed by atoms with Gasteiger partial charge in [-0.05, 0) is 40.9 Å². The van der Waals surface area contributed by atoms with Crippen molar-refractivity contribution in [2.24, 2.45) is 0 Å². The maximum Gasteiger partial charge on any atom is 0.0487 e. The van der Waals surface area contributed by atoms with E-state index in [4.69, 9.17) is 0 Å². The third kappa shape index (κ3) is 5.36. The van der Waals surface area contributed by atoms with Gasteiger partial charge in [0.1, 0.15) is 0 Å². The molecule has 1 nitrogen and oxygen atoms in total. The summed E-state index contributed by atoms with van der Waals surface area (Å²) in [4.78, 5) is 0. The number of hydrogen-bond donors (Lipinski definition) is 1. The molecule has 1 aromatic rings. The van der Waals surface area contributed by atoms with Crippen LogP contribution < -0.4 is 5.32 Å². The minimum Gasteiger partial charge on any atom is -0.381 e. The van der Waals surface area contributed by atoms with Crippen molar-refractivity contribution >= 4 is 21.6 Å². The molecule has 88 valence electrons. The predicted octanol–water partition coefficient (Wildman–Crippen LogP) is 5.00. The first-order valence-electron chi connectivity index (χ1n) is 5.98. The van der Waals surface area contributed by atoms with E-state index in [0.717, 1.165) is 16.7 Å². The summed E-state index contributed by atoms with van der Waals surface area (Å²) >= 11 is 3.51. The van der Waals surface area contributed by atoms with E-state index < -0.39 is 0 Å². The molecule has 0 saturated heterocycles. The van der Waals surface area contributed by atoms with Crippen LogP contribution in [0.25, 0.3) is 0 Å². The van der Waals surface area contributed by atoms with E-state index in [1.165, 1.54) is 25.7 Å². The van der Waals surface area contributed by atoms with Crippen molar-refractivity contribution in [3.63, 3.8) is 0 Å². The monoisotopic (exact) mass is 281 g/mol. The van der Waals surface area contributed by atoms with Crippen LogP contribution in [0.4, 0.5) is 5.69 Å². The van der Waals surface area contributed by atoms with E-state index in [0.29, 0.717) is 0 Å². The van der Waals surface area contributed by atoms with Crippen LogP contribution in [0, 0.1) is 0 Å². The molecule has 16 heavy (non-hydrogen) atoms. The van der Waals surface area contributed by atoms with Gasteiger partial charge in [-0.15, -0.1) is 0 Å². The average Bonchev–Trinajstić information content (AvgIpc) is 2.30. The fraction of sp³-hybridized carbons (Fsp3) is 0.429. The third-order valence-corrected chi connectivity index (χ3v) is 3.12. The van der Waals surface area contributed by atoms with Gasteiger partial charge in [0.15, 0.2) is 0 Å². The molecule has 1 N–H and O–H groups in total. The molecule has 0 aromatic heterocycles. The van der Waals surface area contributed by atoms with Gasteiger partial charge in [0.2, 0.25) is 0 Å². The Kier molecular flexibility index (Phi) is 6.98. The third-order valence-electron chi connectivity index (χ3n) is 2.43. The number of halogens is 1. The minimum atomic E-state index is 0.898. The highest BCUT2D eigenvalue weighted by molar-refractivity contribution is 9.10. The lowest BCUT2D eigenvalue weighted by molar-refractivity contribution is 0.728. The van der Waals surface area contributed by atoms with Gasteiger partial charge in [0, 0.05) is 16.7 Å². The Labute approximate surface area is 107 Å². The molecule has 0 amide bonds. The Morgan fingerprint density at radius 1 is 1.19 bits per heavy atom. The Hall–Kier alpha value is -0.760. The fourth-order valence-electron chi connectivity index (χ4n) is 1.49. The Morgan fingerprint density at radius 3 is 2.75 bits per heavy atom. The molecule has 0 radical (unpaired) electrons. The molecular formula is C14H20BrN. The molecule has 0 fully saturated rings. The van der Waals surface area contributed by atoms with Crippen molar-refractivity contribution in [1.29, 1.82) is 0 Å². The summed E-state index contributed by atoms with van der Waals surface area (Å²) in [5.74, 6) is 0. The summed E-state index contributed by atoms with van der Waals surface area (Å²) in [5, 5.41) is 3.37. The summed E-state index contributed by atoms with van der Waals surface area (Å²) in [6.45, 7) is 3.13. The molecule has 2 heteroatoms. The van der Waals surface area contributed by atoms with Gasteiger partial charge in [-0.1, -0.05) is 44.1 Å². The van der Waals surface area contributed by atoms with Crippen LogP contribution in [0.1, 0.15) is 32.6 Å². The molecular weight excluding hydrogens is 262 g/mol. The van der Waals surface area contributed by atoms with Gasteiger partial charge in [-0.3, -0.25) is 0 Å². The van der Waals surface area contributed by atoms with Gasteiger partial charge >= 0.3 is 0 Å². The fourth-order valence-corrected chi connectivity index (χ4v) is 1.91. The van der Waals surface area contributed by atoms with Gasteiger partial charge < -0.3 is 5.32 Å². The lowest BCUT2D eigenvalue weighted by Crippen LogP contribution is -1.98. The maximum atomic E-state index is 3.51. The van der Waals surface area contributed by atoms with Gasteiger partial charge in [-0.25, -0.2) is 0 Å². The van der Waals surface area contributed by atoms with E-state index in [1.54, 1.807) is 0 Å². The van der Waals surface area contributed by atoms with Crippen LogP contribution in [0.5, 0.6) is 0 Å². The highest BCUT2D eigenvalue weighted by atomic mass is 79.9. The highest BCUT2D eigenvalue weighted by Crippen LogP contribution is 2.20. The first-order chi connectivity index (χ1) is 7.84. The molecule has 0 aliphatic rings. The Morgan fingerprint density at radius 2 is 2.00 bits per heavy atom. The topological polar surface area (TPSA) is 12.0 Å². The zero-order chi connectivity index (χ0) is 11.6. The average molecular weight is 282 g/mol. The van der Waals surface area contributed by atoms with Gasteiger partial charge in [0.05, 0.1) is 0 Å². The standard InChI is InChI=1S/C14H20BrN/c1-2-3-4-5-6-9-12-16-14-11-8-7-10-13(14)15/h6-11,16H,2-5,12H2,1H3/b9-6+. The van der Waals surface area contributed by atoms with Gasteiger partial charge in [-0.2, -0.15) is 0 Å². The molecule has 1 rings (SSSR count). The lowest BCUT2D eigenvalue weighted by Gasteiger charge is -2.04. The normalized spacial score (nSPS) is 10.9. The van der Waals surface area contributed by atoms with E-state index >= 15 is 0 Å². The van der Waals surface area contributed by atoms with E-state index in [2.05, 4.69) is 46.4 Å². The Bertz CT molecular complexity index is 320. The van der Waals surface area contributed by atoms with Gasteiger partial charge in [0.25, 0.3) is 0 Å². The summed E-state index contributed by atoms with van der Waals surface area (Å²) in [6, 6.07) is 8.19. The van der Waals surface area contributed by atoms with Crippen molar-refractivity contribution in [2.45, 2.75) is 32.6 Å². The number of hydrogen-bond acceptors (Lipinski definition) is 1. The largest absolute Gasteiger partial charge is 0.381 e. The molecule has 0 unspecified atom stereocenters. The number of anilines is 1. The first kappa shape index (κ1) is 13.3. The zero-order valence-corrected chi connectivity index (χ0v) is 11.5. The molecule has 1 aromatic carbocycles. The quantitative estimate of drug-likeness (QED) is 0.548. The van der Waals surface area contributed by atoms with Crippen molar-refractivity contribution in [3.05, 3.63) is 40.9 Å². The predicted molar refractivity (Wildman–Crippen MR) is 75.9 cm³/mol. The first-order valence-corrected chi connectivity index (χ1v) is 6.77. The van der Waals surface area contributed by atoms with Crippen LogP contribution in [0.2, 0.25) is 0 Å². The van der Waals surface area contributed by atoms with E-state index in [1.807, 2.05) is 18.2 Å². The smallest absolute Gasteiger partial charge is 0.0487 e. The summed E-state index contributed by atoms with van der Waals surface area (Å²) in [7, 11) is 0.